The van der Waals surface area contributed by atoms with Crippen LogP contribution in [0.25, 0.3) is 0 Å². The predicted octanol–water partition coefficient (Wildman–Crippen LogP) is 4.00. The summed E-state index contributed by atoms with van der Waals surface area (Å²) in [6, 6.07) is 8.21. The summed E-state index contributed by atoms with van der Waals surface area (Å²) in [5, 5.41) is 6.76. The molecular formula is C23H40IN5O. The van der Waals surface area contributed by atoms with Crippen molar-refractivity contribution in [1.29, 1.82) is 0 Å². The highest BCUT2D eigenvalue weighted by atomic mass is 127. The van der Waals surface area contributed by atoms with Gasteiger partial charge < -0.3 is 20.4 Å². The Hall–Kier alpha value is -1.35. The van der Waals surface area contributed by atoms with E-state index in [0.29, 0.717) is 13.0 Å². The molecular weight excluding hydrogens is 489 g/mol. The van der Waals surface area contributed by atoms with E-state index in [0.717, 1.165) is 43.3 Å². The van der Waals surface area contributed by atoms with E-state index in [9.17, 15) is 4.79 Å². The second-order valence-corrected chi connectivity index (χ2v) is 8.01. The van der Waals surface area contributed by atoms with Gasteiger partial charge >= 0.3 is 0 Å². The maximum Gasteiger partial charge on any atom is 0.227 e. The van der Waals surface area contributed by atoms with Crippen molar-refractivity contribution in [2.75, 3.05) is 45.2 Å². The number of halogens is 1. The van der Waals surface area contributed by atoms with Gasteiger partial charge in [0.1, 0.15) is 0 Å². The number of anilines is 1. The second kappa shape index (κ2) is 15.5. The first-order chi connectivity index (χ1) is 14.1. The number of rotatable bonds is 12. The molecule has 1 aromatic carbocycles. The standard InChI is InChI=1S/C23H39N5O.HI/c1-4-24-23(25-16-8-6-5-7-9-17-27(2)3)26-19-20-12-14-21(15-13-20)28-18-10-11-22(28)29;/h12-15H,4-11,16-19H2,1-3H3,(H2,24,25,26);1H. The lowest BCUT2D eigenvalue weighted by Crippen LogP contribution is -2.37. The summed E-state index contributed by atoms with van der Waals surface area (Å²) >= 11 is 0. The molecule has 1 aromatic rings. The van der Waals surface area contributed by atoms with Crippen molar-refractivity contribution in [2.24, 2.45) is 4.99 Å². The first-order valence-electron chi connectivity index (χ1n) is 11.2. The maximum atomic E-state index is 11.9. The Labute approximate surface area is 199 Å². The predicted molar refractivity (Wildman–Crippen MR) is 138 cm³/mol. The van der Waals surface area contributed by atoms with Crippen LogP contribution in [0.4, 0.5) is 5.69 Å². The van der Waals surface area contributed by atoms with Gasteiger partial charge in [0.25, 0.3) is 0 Å². The number of carbonyl (C=O) groups is 1. The molecule has 0 atom stereocenters. The zero-order valence-corrected chi connectivity index (χ0v) is 21.3. The second-order valence-electron chi connectivity index (χ2n) is 8.01. The quantitative estimate of drug-likeness (QED) is 0.186. The topological polar surface area (TPSA) is 60.0 Å². The van der Waals surface area contributed by atoms with E-state index >= 15 is 0 Å². The molecule has 0 saturated carbocycles. The van der Waals surface area contributed by atoms with Gasteiger partial charge in [-0.1, -0.05) is 31.4 Å². The summed E-state index contributed by atoms with van der Waals surface area (Å²) in [7, 11) is 4.27. The minimum Gasteiger partial charge on any atom is -0.357 e. The number of guanidine groups is 1. The highest BCUT2D eigenvalue weighted by molar-refractivity contribution is 14.0. The van der Waals surface area contributed by atoms with Gasteiger partial charge in [-0.05, 0) is 64.5 Å². The van der Waals surface area contributed by atoms with Crippen LogP contribution in [0.2, 0.25) is 0 Å². The fourth-order valence-electron chi connectivity index (χ4n) is 3.50. The number of unbranched alkanes of at least 4 members (excludes halogenated alkanes) is 4. The Kier molecular flexibility index (Phi) is 13.7. The van der Waals surface area contributed by atoms with Gasteiger partial charge in [-0.3, -0.25) is 4.79 Å². The van der Waals surface area contributed by atoms with Crippen LogP contribution in [0, 0.1) is 0 Å². The van der Waals surface area contributed by atoms with E-state index in [1.54, 1.807) is 0 Å². The molecule has 0 radical (unpaired) electrons. The van der Waals surface area contributed by atoms with Gasteiger partial charge in [-0.2, -0.15) is 0 Å². The van der Waals surface area contributed by atoms with Crippen LogP contribution in [-0.2, 0) is 11.3 Å². The van der Waals surface area contributed by atoms with Crippen LogP contribution >= 0.6 is 24.0 Å². The van der Waals surface area contributed by atoms with Crippen LogP contribution < -0.4 is 15.5 Å². The molecule has 30 heavy (non-hydrogen) atoms. The third-order valence-corrected chi connectivity index (χ3v) is 5.16. The highest BCUT2D eigenvalue weighted by Gasteiger charge is 2.21. The van der Waals surface area contributed by atoms with E-state index < -0.39 is 0 Å². The lowest BCUT2D eigenvalue weighted by Gasteiger charge is -2.16. The molecule has 170 valence electrons. The fourth-order valence-corrected chi connectivity index (χ4v) is 3.50. The smallest absolute Gasteiger partial charge is 0.227 e. The van der Waals surface area contributed by atoms with Gasteiger partial charge in [0.2, 0.25) is 5.91 Å². The van der Waals surface area contributed by atoms with Crippen molar-refractivity contribution in [3.8, 4) is 0 Å². The Balaban J connectivity index is 0.00000450. The summed E-state index contributed by atoms with van der Waals surface area (Å²) in [5.41, 5.74) is 2.15. The summed E-state index contributed by atoms with van der Waals surface area (Å²) in [6.07, 6.45) is 7.95. The molecule has 1 aliphatic heterocycles. The van der Waals surface area contributed by atoms with Gasteiger partial charge in [0.15, 0.2) is 5.96 Å². The van der Waals surface area contributed by atoms with Crippen LogP contribution in [0.15, 0.2) is 29.3 Å². The molecule has 6 nitrogen and oxygen atoms in total. The molecule has 2 rings (SSSR count). The minimum absolute atomic E-state index is 0. The molecule has 1 fully saturated rings. The molecule has 7 heteroatoms. The molecule has 0 bridgehead atoms. The monoisotopic (exact) mass is 529 g/mol. The van der Waals surface area contributed by atoms with Crippen molar-refractivity contribution < 1.29 is 4.79 Å². The lowest BCUT2D eigenvalue weighted by atomic mass is 10.1. The lowest BCUT2D eigenvalue weighted by molar-refractivity contribution is -0.117. The van der Waals surface area contributed by atoms with Gasteiger partial charge in [-0.25, -0.2) is 4.99 Å². The van der Waals surface area contributed by atoms with Gasteiger partial charge in [0.05, 0.1) is 6.54 Å². The molecule has 1 heterocycles. The normalized spacial score (nSPS) is 14.2. The first-order valence-corrected chi connectivity index (χ1v) is 11.2. The molecule has 1 amide bonds. The minimum atomic E-state index is 0. The first kappa shape index (κ1) is 26.7. The van der Waals surface area contributed by atoms with E-state index in [1.807, 2.05) is 17.0 Å². The van der Waals surface area contributed by atoms with Crippen molar-refractivity contribution in [1.82, 2.24) is 15.5 Å². The summed E-state index contributed by atoms with van der Waals surface area (Å²) in [4.78, 5) is 20.7. The highest BCUT2D eigenvalue weighted by Crippen LogP contribution is 2.21. The van der Waals surface area contributed by atoms with Gasteiger partial charge in [-0.15, -0.1) is 24.0 Å². The van der Waals surface area contributed by atoms with E-state index in [2.05, 4.69) is 48.7 Å². The third-order valence-electron chi connectivity index (χ3n) is 5.16. The molecule has 1 saturated heterocycles. The number of hydrogen-bond donors (Lipinski definition) is 2. The van der Waals surface area contributed by atoms with Crippen molar-refractivity contribution in [3.63, 3.8) is 0 Å². The SMILES string of the molecule is CCNC(=NCc1ccc(N2CCCC2=O)cc1)NCCCCCCCN(C)C.I. The number of benzene rings is 1. The van der Waals surface area contributed by atoms with Crippen molar-refractivity contribution in [3.05, 3.63) is 29.8 Å². The maximum absolute atomic E-state index is 11.9. The molecule has 0 aromatic heterocycles. The van der Waals surface area contributed by atoms with E-state index in [4.69, 9.17) is 4.99 Å². The average Bonchev–Trinajstić information content (AvgIpc) is 3.14. The number of carbonyl (C=O) groups excluding carboxylic acids is 1. The van der Waals surface area contributed by atoms with Gasteiger partial charge in [0, 0.05) is 31.7 Å². The average molecular weight is 530 g/mol. The Morgan fingerprint density at radius 3 is 2.40 bits per heavy atom. The molecule has 1 aliphatic rings. The fraction of sp³-hybridized carbons (Fsp3) is 0.652. The number of nitrogens with one attached hydrogen (secondary N) is 2. The molecule has 0 unspecified atom stereocenters. The van der Waals surface area contributed by atoms with E-state index in [-0.39, 0.29) is 29.9 Å². The Bertz CT molecular complexity index is 633. The molecule has 0 spiro atoms. The molecule has 2 N–H and O–H groups in total. The summed E-state index contributed by atoms with van der Waals surface area (Å²) in [6.45, 7) is 6.55. The number of aliphatic imine (C=N–C) groups is 1. The Morgan fingerprint density at radius 2 is 1.77 bits per heavy atom. The third kappa shape index (κ3) is 10.1. The van der Waals surface area contributed by atoms with Crippen LogP contribution in [0.5, 0.6) is 0 Å². The largest absolute Gasteiger partial charge is 0.357 e. The molecule has 0 aliphatic carbocycles. The van der Waals surface area contributed by atoms with Crippen LogP contribution in [-0.4, -0.2) is 57.0 Å². The number of amides is 1. The van der Waals surface area contributed by atoms with E-state index in [1.165, 1.54) is 38.6 Å². The number of hydrogen-bond acceptors (Lipinski definition) is 3. The van der Waals surface area contributed by atoms with Crippen molar-refractivity contribution >= 4 is 41.5 Å². The van der Waals surface area contributed by atoms with Crippen LogP contribution in [0.1, 0.15) is 57.4 Å². The Morgan fingerprint density at radius 1 is 1.07 bits per heavy atom. The zero-order valence-electron chi connectivity index (χ0n) is 19.0. The summed E-state index contributed by atoms with van der Waals surface area (Å²) in [5.74, 6) is 1.10. The summed E-state index contributed by atoms with van der Waals surface area (Å²) < 4.78 is 0. The number of nitrogens with zero attached hydrogens (tertiary/aromatic N) is 3. The van der Waals surface area contributed by atoms with Crippen molar-refractivity contribution in [2.45, 2.75) is 58.4 Å². The van der Waals surface area contributed by atoms with Crippen LogP contribution in [0.3, 0.4) is 0 Å². The zero-order chi connectivity index (χ0) is 20.9.